The second-order valence-corrected chi connectivity index (χ2v) is 4.42. The smallest absolute Gasteiger partial charge is 0.0781 e. The highest BCUT2D eigenvalue weighted by Crippen LogP contribution is 2.32. The Labute approximate surface area is 93.5 Å². The highest BCUT2D eigenvalue weighted by molar-refractivity contribution is 4.82. The lowest BCUT2D eigenvalue weighted by Gasteiger charge is -2.15. The van der Waals surface area contributed by atoms with Gasteiger partial charge in [0.05, 0.1) is 19.3 Å². The zero-order valence-electron chi connectivity index (χ0n) is 10.3. The van der Waals surface area contributed by atoms with Crippen LogP contribution in [0.5, 0.6) is 0 Å². The van der Waals surface area contributed by atoms with Crippen LogP contribution in [0.3, 0.4) is 0 Å². The zero-order valence-corrected chi connectivity index (χ0v) is 10.3. The molecule has 0 heterocycles. The van der Waals surface area contributed by atoms with Crippen molar-refractivity contribution in [1.82, 2.24) is 5.32 Å². The van der Waals surface area contributed by atoms with Gasteiger partial charge in [-0.3, -0.25) is 0 Å². The van der Waals surface area contributed by atoms with Crippen LogP contribution in [0.15, 0.2) is 0 Å². The minimum absolute atomic E-state index is 0.211. The van der Waals surface area contributed by atoms with E-state index in [0.717, 1.165) is 25.7 Å². The van der Waals surface area contributed by atoms with E-state index >= 15 is 0 Å². The SMILES string of the molecule is CCOCC(C)OCCNC(C)C1CC1. The summed E-state index contributed by atoms with van der Waals surface area (Å²) in [5.74, 6) is 0.922. The first-order chi connectivity index (χ1) is 7.24. The summed E-state index contributed by atoms with van der Waals surface area (Å²) in [5, 5.41) is 3.49. The molecule has 3 heteroatoms. The zero-order chi connectivity index (χ0) is 11.1. The van der Waals surface area contributed by atoms with Gasteiger partial charge in [-0.05, 0) is 39.5 Å². The second kappa shape index (κ2) is 7.20. The van der Waals surface area contributed by atoms with Crippen LogP contribution in [-0.2, 0) is 9.47 Å². The second-order valence-electron chi connectivity index (χ2n) is 4.42. The minimum Gasteiger partial charge on any atom is -0.379 e. The van der Waals surface area contributed by atoms with Gasteiger partial charge in [0.25, 0.3) is 0 Å². The van der Waals surface area contributed by atoms with Gasteiger partial charge in [-0.25, -0.2) is 0 Å². The lowest BCUT2D eigenvalue weighted by molar-refractivity contribution is -0.00245. The molecular formula is C12H25NO2. The Morgan fingerprint density at radius 3 is 2.67 bits per heavy atom. The minimum atomic E-state index is 0.211. The molecule has 1 saturated carbocycles. The molecule has 2 unspecified atom stereocenters. The van der Waals surface area contributed by atoms with E-state index in [1.54, 1.807) is 0 Å². The van der Waals surface area contributed by atoms with E-state index in [1.165, 1.54) is 12.8 Å². The number of hydrogen-bond donors (Lipinski definition) is 1. The third-order valence-electron chi connectivity index (χ3n) is 2.86. The van der Waals surface area contributed by atoms with Crippen LogP contribution in [0.1, 0.15) is 33.6 Å². The molecule has 0 amide bonds. The molecule has 0 aromatic heterocycles. The standard InChI is InChI=1S/C12H25NO2/c1-4-14-9-10(2)15-8-7-13-11(3)12-5-6-12/h10-13H,4-9H2,1-3H3. The van der Waals surface area contributed by atoms with Gasteiger partial charge in [0.2, 0.25) is 0 Å². The molecule has 1 aliphatic carbocycles. The molecule has 1 N–H and O–H groups in total. The fourth-order valence-corrected chi connectivity index (χ4v) is 1.64. The third kappa shape index (κ3) is 6.13. The van der Waals surface area contributed by atoms with E-state index in [-0.39, 0.29) is 6.10 Å². The predicted molar refractivity (Wildman–Crippen MR) is 62.1 cm³/mol. The average molecular weight is 215 g/mol. The Balaban J connectivity index is 1.86. The number of ether oxygens (including phenoxy) is 2. The molecule has 1 aliphatic rings. The average Bonchev–Trinajstić information content (AvgIpc) is 3.04. The summed E-state index contributed by atoms with van der Waals surface area (Å²) in [6.45, 7) is 9.53. The van der Waals surface area contributed by atoms with Crippen molar-refractivity contribution in [3.63, 3.8) is 0 Å². The monoisotopic (exact) mass is 215 g/mol. The molecule has 0 saturated heterocycles. The summed E-state index contributed by atoms with van der Waals surface area (Å²) in [7, 11) is 0. The Hall–Kier alpha value is -0.120. The van der Waals surface area contributed by atoms with Crippen molar-refractivity contribution in [3.8, 4) is 0 Å². The van der Waals surface area contributed by atoms with Crippen LogP contribution in [-0.4, -0.2) is 38.5 Å². The van der Waals surface area contributed by atoms with Crippen LogP contribution in [0.2, 0.25) is 0 Å². The van der Waals surface area contributed by atoms with Crippen molar-refractivity contribution in [2.45, 2.75) is 45.8 Å². The van der Waals surface area contributed by atoms with Gasteiger partial charge in [-0.15, -0.1) is 0 Å². The topological polar surface area (TPSA) is 30.5 Å². The Kier molecular flexibility index (Phi) is 6.22. The normalized spacial score (nSPS) is 20.2. The number of rotatable bonds is 9. The molecule has 0 spiro atoms. The number of hydrogen-bond acceptors (Lipinski definition) is 3. The van der Waals surface area contributed by atoms with E-state index in [4.69, 9.17) is 9.47 Å². The van der Waals surface area contributed by atoms with E-state index in [9.17, 15) is 0 Å². The van der Waals surface area contributed by atoms with Crippen molar-refractivity contribution in [1.29, 1.82) is 0 Å². The Morgan fingerprint density at radius 1 is 1.33 bits per heavy atom. The molecule has 15 heavy (non-hydrogen) atoms. The van der Waals surface area contributed by atoms with Crippen LogP contribution in [0, 0.1) is 5.92 Å². The van der Waals surface area contributed by atoms with Gasteiger partial charge in [-0.1, -0.05) is 0 Å². The predicted octanol–water partition coefficient (Wildman–Crippen LogP) is 1.82. The maximum atomic E-state index is 5.61. The quantitative estimate of drug-likeness (QED) is 0.595. The van der Waals surface area contributed by atoms with Crippen molar-refractivity contribution < 1.29 is 9.47 Å². The summed E-state index contributed by atoms with van der Waals surface area (Å²) in [6.07, 6.45) is 3.01. The van der Waals surface area contributed by atoms with E-state index in [1.807, 2.05) is 6.92 Å². The first-order valence-corrected chi connectivity index (χ1v) is 6.16. The van der Waals surface area contributed by atoms with Gasteiger partial charge in [0.15, 0.2) is 0 Å². The van der Waals surface area contributed by atoms with Gasteiger partial charge in [0.1, 0.15) is 0 Å². The van der Waals surface area contributed by atoms with Crippen LogP contribution >= 0.6 is 0 Å². The fraction of sp³-hybridized carbons (Fsp3) is 1.00. The van der Waals surface area contributed by atoms with Gasteiger partial charge in [-0.2, -0.15) is 0 Å². The molecule has 0 bridgehead atoms. The molecule has 0 aromatic rings. The molecule has 0 aromatic carbocycles. The molecular weight excluding hydrogens is 190 g/mol. The largest absolute Gasteiger partial charge is 0.379 e. The van der Waals surface area contributed by atoms with Crippen LogP contribution in [0.4, 0.5) is 0 Å². The Morgan fingerprint density at radius 2 is 2.07 bits per heavy atom. The lowest BCUT2D eigenvalue weighted by atomic mass is 10.2. The maximum absolute atomic E-state index is 5.61. The van der Waals surface area contributed by atoms with Crippen LogP contribution < -0.4 is 5.32 Å². The molecule has 1 fully saturated rings. The van der Waals surface area contributed by atoms with Crippen LogP contribution in [0.25, 0.3) is 0 Å². The summed E-state index contributed by atoms with van der Waals surface area (Å²) in [6, 6.07) is 0.663. The first kappa shape index (κ1) is 12.9. The molecule has 2 atom stereocenters. The van der Waals surface area contributed by atoms with Gasteiger partial charge < -0.3 is 14.8 Å². The Bertz CT molecular complexity index is 160. The summed E-state index contributed by atoms with van der Waals surface area (Å²) in [4.78, 5) is 0. The van der Waals surface area contributed by atoms with Crippen molar-refractivity contribution in [2.24, 2.45) is 5.92 Å². The fourth-order valence-electron chi connectivity index (χ4n) is 1.64. The molecule has 90 valence electrons. The maximum Gasteiger partial charge on any atom is 0.0781 e. The lowest BCUT2D eigenvalue weighted by Crippen LogP contribution is -2.32. The van der Waals surface area contributed by atoms with Gasteiger partial charge in [0, 0.05) is 19.2 Å². The molecule has 0 radical (unpaired) electrons. The third-order valence-corrected chi connectivity index (χ3v) is 2.86. The van der Waals surface area contributed by atoms with E-state index in [0.29, 0.717) is 12.6 Å². The van der Waals surface area contributed by atoms with E-state index in [2.05, 4.69) is 19.2 Å². The highest BCUT2D eigenvalue weighted by atomic mass is 16.5. The van der Waals surface area contributed by atoms with E-state index < -0.39 is 0 Å². The summed E-state index contributed by atoms with van der Waals surface area (Å²) < 4.78 is 10.9. The molecule has 1 rings (SSSR count). The summed E-state index contributed by atoms with van der Waals surface area (Å²) >= 11 is 0. The van der Waals surface area contributed by atoms with Crippen molar-refractivity contribution >= 4 is 0 Å². The van der Waals surface area contributed by atoms with Crippen molar-refractivity contribution in [3.05, 3.63) is 0 Å². The number of nitrogens with one attached hydrogen (secondary N) is 1. The molecule has 0 aliphatic heterocycles. The first-order valence-electron chi connectivity index (χ1n) is 6.16. The highest BCUT2D eigenvalue weighted by Gasteiger charge is 2.27. The van der Waals surface area contributed by atoms with Crippen molar-refractivity contribution in [2.75, 3.05) is 26.4 Å². The summed E-state index contributed by atoms with van der Waals surface area (Å²) in [5.41, 5.74) is 0. The van der Waals surface area contributed by atoms with Gasteiger partial charge >= 0.3 is 0 Å². The molecule has 3 nitrogen and oxygen atoms in total.